The molecule has 1 atom stereocenters. The highest BCUT2D eigenvalue weighted by Crippen LogP contribution is 2.26. The van der Waals surface area contributed by atoms with Crippen LogP contribution in [0.3, 0.4) is 0 Å². The second kappa shape index (κ2) is 9.38. The highest BCUT2D eigenvalue weighted by atomic mass is 14.1. The molecule has 0 amide bonds. The van der Waals surface area contributed by atoms with Crippen LogP contribution in [-0.4, -0.2) is 0 Å². The van der Waals surface area contributed by atoms with Gasteiger partial charge < -0.3 is 0 Å². The fourth-order valence-electron chi connectivity index (χ4n) is 1.93. The van der Waals surface area contributed by atoms with E-state index < -0.39 is 0 Å². The first kappa shape index (κ1) is 17.4. The molecule has 0 bridgehead atoms. The molecule has 0 saturated carbocycles. The third-order valence-corrected chi connectivity index (χ3v) is 3.16. The zero-order valence-electron chi connectivity index (χ0n) is 13.0. The predicted octanol–water partition coefficient (Wildman–Crippen LogP) is 6.17. The fraction of sp³-hybridized carbons (Fsp3) is 0.368. The van der Waals surface area contributed by atoms with Crippen molar-refractivity contribution in [3.8, 4) is 0 Å². The van der Waals surface area contributed by atoms with Gasteiger partial charge in [0, 0.05) is 0 Å². The lowest BCUT2D eigenvalue weighted by molar-refractivity contribution is 0.723. The Bertz CT molecular complexity index is 413. The summed E-state index contributed by atoms with van der Waals surface area (Å²) >= 11 is 0. The van der Waals surface area contributed by atoms with E-state index in [1.54, 1.807) is 0 Å². The van der Waals surface area contributed by atoms with Crippen LogP contribution in [0.1, 0.15) is 40.5 Å². The van der Waals surface area contributed by atoms with Gasteiger partial charge in [0.05, 0.1) is 0 Å². The minimum absolute atomic E-state index is 0.460. The van der Waals surface area contributed by atoms with Gasteiger partial charge in [-0.15, -0.1) is 6.58 Å². The Kier molecular flexibility index (Phi) is 8.61. The molecule has 104 valence electrons. The molecule has 0 aliphatic rings. The van der Waals surface area contributed by atoms with Crippen molar-refractivity contribution in [2.24, 2.45) is 5.92 Å². The van der Waals surface area contributed by atoms with Gasteiger partial charge in [0.15, 0.2) is 0 Å². The molecule has 0 aliphatic heterocycles. The van der Waals surface area contributed by atoms with Gasteiger partial charge in [-0.25, -0.2) is 0 Å². The van der Waals surface area contributed by atoms with Gasteiger partial charge in [-0.05, 0) is 49.3 Å². The zero-order valence-corrected chi connectivity index (χ0v) is 13.0. The van der Waals surface area contributed by atoms with Gasteiger partial charge in [0.1, 0.15) is 0 Å². The molecule has 0 heteroatoms. The lowest BCUT2D eigenvalue weighted by Crippen LogP contribution is -1.97. The van der Waals surface area contributed by atoms with Crippen molar-refractivity contribution < 1.29 is 0 Å². The normalized spacial score (nSPS) is 15.1. The van der Waals surface area contributed by atoms with Crippen molar-refractivity contribution >= 4 is 0 Å². The highest BCUT2D eigenvalue weighted by molar-refractivity contribution is 5.52. The molecule has 0 spiro atoms. The smallest absolute Gasteiger partial charge is 0.0191 e. The first-order chi connectivity index (χ1) is 8.99. The zero-order chi connectivity index (χ0) is 14.8. The van der Waals surface area contributed by atoms with Gasteiger partial charge in [-0.3, -0.25) is 0 Å². The van der Waals surface area contributed by atoms with Gasteiger partial charge in [0.2, 0.25) is 0 Å². The maximum absolute atomic E-state index is 4.23. The molecule has 1 unspecified atom stereocenters. The lowest BCUT2D eigenvalue weighted by atomic mass is 9.90. The van der Waals surface area contributed by atoms with E-state index in [2.05, 4.69) is 65.7 Å². The van der Waals surface area contributed by atoms with Crippen LogP contribution in [0.5, 0.6) is 0 Å². The Morgan fingerprint density at radius 3 is 2.32 bits per heavy atom. The topological polar surface area (TPSA) is 0 Å². The van der Waals surface area contributed by atoms with Crippen LogP contribution in [0.15, 0.2) is 72.4 Å². The molecule has 0 aliphatic carbocycles. The molecule has 0 nitrogen and oxygen atoms in total. The van der Waals surface area contributed by atoms with Gasteiger partial charge in [-0.2, -0.15) is 0 Å². The molecule has 0 aromatic heterocycles. The van der Waals surface area contributed by atoms with Crippen LogP contribution in [0, 0.1) is 5.92 Å². The summed E-state index contributed by atoms with van der Waals surface area (Å²) in [5.74, 6) is 0.460. The van der Waals surface area contributed by atoms with Crippen LogP contribution >= 0.6 is 0 Å². The van der Waals surface area contributed by atoms with E-state index in [1.807, 2.05) is 12.2 Å². The van der Waals surface area contributed by atoms with Crippen molar-refractivity contribution in [3.63, 3.8) is 0 Å². The van der Waals surface area contributed by atoms with Crippen molar-refractivity contribution in [3.05, 3.63) is 72.4 Å². The van der Waals surface area contributed by atoms with Crippen molar-refractivity contribution in [1.29, 1.82) is 0 Å². The van der Waals surface area contributed by atoms with Crippen LogP contribution in [0.25, 0.3) is 0 Å². The third kappa shape index (κ3) is 6.24. The van der Waals surface area contributed by atoms with Crippen molar-refractivity contribution in [2.75, 3.05) is 0 Å². The largest absolute Gasteiger partial charge is 0.103 e. The molecular formula is C19H28. The Labute approximate surface area is 119 Å². The SMILES string of the molecule is C=C/C(=C\C(C)=C/CC)C(=C)/C(=C/C)CC(C)C=C. The maximum atomic E-state index is 4.23. The third-order valence-electron chi connectivity index (χ3n) is 3.16. The number of hydrogen-bond donors (Lipinski definition) is 0. The molecule has 0 fully saturated rings. The van der Waals surface area contributed by atoms with Crippen LogP contribution in [0.4, 0.5) is 0 Å². The fourth-order valence-corrected chi connectivity index (χ4v) is 1.93. The number of hydrogen-bond acceptors (Lipinski definition) is 0. The predicted molar refractivity (Wildman–Crippen MR) is 89.2 cm³/mol. The van der Waals surface area contributed by atoms with E-state index in [-0.39, 0.29) is 0 Å². The molecule has 19 heavy (non-hydrogen) atoms. The Morgan fingerprint density at radius 1 is 1.26 bits per heavy atom. The summed E-state index contributed by atoms with van der Waals surface area (Å²) in [6.45, 7) is 20.5. The van der Waals surface area contributed by atoms with E-state index in [1.165, 1.54) is 11.1 Å². The molecule has 0 aromatic rings. The molecular weight excluding hydrogens is 228 g/mol. The minimum atomic E-state index is 0.460. The lowest BCUT2D eigenvalue weighted by Gasteiger charge is -2.14. The van der Waals surface area contributed by atoms with E-state index >= 15 is 0 Å². The summed E-state index contributed by atoms with van der Waals surface area (Å²) in [4.78, 5) is 0. The van der Waals surface area contributed by atoms with Crippen LogP contribution in [0.2, 0.25) is 0 Å². The first-order valence-corrected chi connectivity index (χ1v) is 6.98. The summed E-state index contributed by atoms with van der Waals surface area (Å²) in [6, 6.07) is 0. The standard InChI is InChI=1S/C19H28/c1-8-12-16(6)14-19(11-4)17(7)18(10-3)13-15(5)9-2/h9-12,14-15H,2,4,7-8,13H2,1,3,5-6H3/b16-12-,18-10+,19-14+. The molecule has 0 N–H and O–H groups in total. The molecule has 0 aromatic carbocycles. The van der Waals surface area contributed by atoms with Gasteiger partial charge in [-0.1, -0.05) is 63.0 Å². The minimum Gasteiger partial charge on any atom is -0.103 e. The molecule has 0 saturated heterocycles. The highest BCUT2D eigenvalue weighted by Gasteiger charge is 2.08. The summed E-state index contributed by atoms with van der Waals surface area (Å²) in [5.41, 5.74) is 4.69. The summed E-state index contributed by atoms with van der Waals surface area (Å²) < 4.78 is 0. The summed E-state index contributed by atoms with van der Waals surface area (Å²) in [6.07, 6.45) is 12.4. The Balaban J connectivity index is 5.17. The number of rotatable bonds is 8. The van der Waals surface area contributed by atoms with Crippen LogP contribution in [-0.2, 0) is 0 Å². The van der Waals surface area contributed by atoms with E-state index in [0.29, 0.717) is 5.92 Å². The second-order valence-electron chi connectivity index (χ2n) is 4.87. The Morgan fingerprint density at radius 2 is 1.89 bits per heavy atom. The second-order valence-corrected chi connectivity index (χ2v) is 4.87. The molecule has 0 radical (unpaired) electrons. The van der Waals surface area contributed by atoms with E-state index in [4.69, 9.17) is 0 Å². The average Bonchev–Trinajstić information content (AvgIpc) is 2.41. The van der Waals surface area contributed by atoms with E-state index in [9.17, 15) is 0 Å². The van der Waals surface area contributed by atoms with Crippen molar-refractivity contribution in [1.82, 2.24) is 0 Å². The van der Waals surface area contributed by atoms with E-state index in [0.717, 1.165) is 24.0 Å². The summed E-state index contributed by atoms with van der Waals surface area (Å²) in [5, 5.41) is 0. The monoisotopic (exact) mass is 256 g/mol. The first-order valence-electron chi connectivity index (χ1n) is 6.98. The van der Waals surface area contributed by atoms with Crippen molar-refractivity contribution in [2.45, 2.75) is 40.5 Å². The number of allylic oxidation sites excluding steroid dienone is 9. The average molecular weight is 256 g/mol. The quantitative estimate of drug-likeness (QED) is 0.360. The van der Waals surface area contributed by atoms with Gasteiger partial charge in [0.25, 0.3) is 0 Å². The van der Waals surface area contributed by atoms with Gasteiger partial charge >= 0.3 is 0 Å². The van der Waals surface area contributed by atoms with Crippen LogP contribution < -0.4 is 0 Å². The maximum Gasteiger partial charge on any atom is -0.0191 e. The summed E-state index contributed by atoms with van der Waals surface area (Å²) in [7, 11) is 0. The molecule has 0 rings (SSSR count). The molecule has 0 heterocycles. The Hall–Kier alpha value is -1.56.